The van der Waals surface area contributed by atoms with E-state index in [0.29, 0.717) is 30.7 Å². The summed E-state index contributed by atoms with van der Waals surface area (Å²) in [5.74, 6) is 1.09. The van der Waals surface area contributed by atoms with Gasteiger partial charge in [-0.1, -0.05) is 60.7 Å². The van der Waals surface area contributed by atoms with E-state index in [1.54, 1.807) is 0 Å². The lowest BCUT2D eigenvalue weighted by Gasteiger charge is -2.43. The summed E-state index contributed by atoms with van der Waals surface area (Å²) >= 11 is 5.72. The fraction of sp³-hybridized carbons (Fsp3) is 0.321. The summed E-state index contributed by atoms with van der Waals surface area (Å²) in [7, 11) is 0. The molecule has 0 saturated carbocycles. The number of rotatable bonds is 6. The number of anilines is 2. The molecule has 0 saturated heterocycles. The lowest BCUT2D eigenvalue weighted by molar-refractivity contribution is 0.162. The van der Waals surface area contributed by atoms with Crippen molar-refractivity contribution in [3.63, 3.8) is 0 Å². The highest BCUT2D eigenvalue weighted by Gasteiger charge is 2.35. The van der Waals surface area contributed by atoms with Gasteiger partial charge in [-0.05, 0) is 53.6 Å². The first-order chi connectivity index (χ1) is 16.2. The third-order valence-electron chi connectivity index (χ3n) is 6.77. The maximum absolute atomic E-state index is 12.4. The van der Waals surface area contributed by atoms with Crippen molar-refractivity contribution in [2.75, 3.05) is 35.8 Å². The lowest BCUT2D eigenvalue weighted by atomic mass is 9.76. The van der Waals surface area contributed by atoms with Gasteiger partial charge in [0.25, 0.3) is 0 Å². The molecular formula is C28H29ClN2O2. The van der Waals surface area contributed by atoms with Crippen LogP contribution in [0.1, 0.15) is 53.4 Å². The Bertz CT molecular complexity index is 1030. The molecule has 33 heavy (non-hydrogen) atoms. The van der Waals surface area contributed by atoms with Crippen molar-refractivity contribution in [3.05, 3.63) is 95.1 Å². The summed E-state index contributed by atoms with van der Waals surface area (Å²) in [6, 6.07) is 25.7. The van der Waals surface area contributed by atoms with Crippen molar-refractivity contribution in [1.29, 1.82) is 0 Å². The number of ether oxygens (including phenoxy) is 1. The molecule has 3 aromatic rings. The first kappa shape index (κ1) is 21.8. The van der Waals surface area contributed by atoms with E-state index in [2.05, 4.69) is 83.0 Å². The van der Waals surface area contributed by atoms with Crippen molar-refractivity contribution in [2.45, 2.75) is 31.1 Å². The Labute approximate surface area is 200 Å². The van der Waals surface area contributed by atoms with Gasteiger partial charge in [-0.3, -0.25) is 5.32 Å². The smallest absolute Gasteiger partial charge is 0.411 e. The van der Waals surface area contributed by atoms with Gasteiger partial charge in [-0.25, -0.2) is 4.79 Å². The molecule has 2 aliphatic heterocycles. The number of amides is 1. The molecule has 170 valence electrons. The molecule has 0 aliphatic carbocycles. The second kappa shape index (κ2) is 9.88. The number of halogens is 1. The number of benzene rings is 3. The van der Waals surface area contributed by atoms with Gasteiger partial charge >= 0.3 is 6.09 Å². The van der Waals surface area contributed by atoms with Crippen LogP contribution < -0.4 is 10.2 Å². The molecule has 0 unspecified atom stereocenters. The SMILES string of the molecule is O=C(Nc1cc2c3c(c1)[C@H](c1ccccc1)CCN3CC[C@H]2c1ccccc1)OCCCCl. The maximum atomic E-state index is 12.4. The van der Waals surface area contributed by atoms with Crippen LogP contribution in [0.3, 0.4) is 0 Å². The second-order valence-electron chi connectivity index (χ2n) is 8.80. The first-order valence-electron chi connectivity index (χ1n) is 11.8. The normalized spacial score (nSPS) is 19.0. The molecule has 1 N–H and O–H groups in total. The number of hydrogen-bond donors (Lipinski definition) is 1. The van der Waals surface area contributed by atoms with Crippen molar-refractivity contribution in [3.8, 4) is 0 Å². The van der Waals surface area contributed by atoms with Gasteiger partial charge in [0.1, 0.15) is 0 Å². The summed E-state index contributed by atoms with van der Waals surface area (Å²) in [4.78, 5) is 15.0. The molecule has 2 atom stereocenters. The Morgan fingerprint density at radius 2 is 1.45 bits per heavy atom. The van der Waals surface area contributed by atoms with Gasteiger partial charge in [0, 0.05) is 42.2 Å². The van der Waals surface area contributed by atoms with Crippen LogP contribution in [0, 0.1) is 0 Å². The number of alkyl halides is 1. The van der Waals surface area contributed by atoms with E-state index >= 15 is 0 Å². The van der Waals surface area contributed by atoms with Crippen molar-refractivity contribution in [1.82, 2.24) is 0 Å². The summed E-state index contributed by atoms with van der Waals surface area (Å²) < 4.78 is 5.32. The van der Waals surface area contributed by atoms with E-state index < -0.39 is 6.09 Å². The molecule has 0 spiro atoms. The minimum Gasteiger partial charge on any atom is -0.449 e. The first-order valence-corrected chi connectivity index (χ1v) is 12.3. The third-order valence-corrected chi connectivity index (χ3v) is 7.04. The average Bonchev–Trinajstić information content (AvgIpc) is 2.85. The Morgan fingerprint density at radius 3 is 1.97 bits per heavy atom. The zero-order valence-electron chi connectivity index (χ0n) is 18.7. The Balaban J connectivity index is 1.58. The van der Waals surface area contributed by atoms with Gasteiger partial charge in [0.05, 0.1) is 6.61 Å². The topological polar surface area (TPSA) is 41.6 Å². The molecule has 3 aromatic carbocycles. The monoisotopic (exact) mass is 460 g/mol. The number of nitrogens with one attached hydrogen (secondary N) is 1. The predicted octanol–water partition coefficient (Wildman–Crippen LogP) is 6.74. The van der Waals surface area contributed by atoms with Gasteiger partial charge in [0.2, 0.25) is 0 Å². The molecule has 2 heterocycles. The van der Waals surface area contributed by atoms with Crippen LogP contribution in [0.2, 0.25) is 0 Å². The zero-order valence-corrected chi connectivity index (χ0v) is 19.4. The second-order valence-corrected chi connectivity index (χ2v) is 9.18. The molecule has 1 amide bonds. The van der Waals surface area contributed by atoms with Crippen molar-refractivity contribution < 1.29 is 9.53 Å². The third kappa shape index (κ3) is 4.58. The van der Waals surface area contributed by atoms with E-state index in [0.717, 1.165) is 31.6 Å². The molecule has 0 fully saturated rings. The molecule has 0 aromatic heterocycles. The predicted molar refractivity (Wildman–Crippen MR) is 135 cm³/mol. The number of carbonyl (C=O) groups excluding carboxylic acids is 1. The summed E-state index contributed by atoms with van der Waals surface area (Å²) in [6.45, 7) is 2.42. The van der Waals surface area contributed by atoms with Gasteiger partial charge < -0.3 is 9.64 Å². The molecule has 5 rings (SSSR count). The molecule has 0 radical (unpaired) electrons. The van der Waals surface area contributed by atoms with Gasteiger partial charge in [-0.15, -0.1) is 11.6 Å². The fourth-order valence-corrected chi connectivity index (χ4v) is 5.41. The van der Waals surface area contributed by atoms with E-state index in [1.165, 1.54) is 27.9 Å². The number of nitrogens with zero attached hydrogens (tertiary/aromatic N) is 1. The van der Waals surface area contributed by atoms with Crippen LogP contribution in [0.4, 0.5) is 16.2 Å². The molecule has 5 heteroatoms. The van der Waals surface area contributed by atoms with Crippen molar-refractivity contribution in [2.24, 2.45) is 0 Å². The van der Waals surface area contributed by atoms with Crippen LogP contribution in [-0.4, -0.2) is 31.7 Å². The van der Waals surface area contributed by atoms with E-state index in [-0.39, 0.29) is 0 Å². The highest BCUT2D eigenvalue weighted by Crippen LogP contribution is 2.49. The Hall–Kier alpha value is -2.98. The largest absolute Gasteiger partial charge is 0.449 e. The van der Waals surface area contributed by atoms with E-state index in [1.807, 2.05) is 0 Å². The van der Waals surface area contributed by atoms with Crippen LogP contribution in [0.5, 0.6) is 0 Å². The fourth-order valence-electron chi connectivity index (χ4n) is 5.30. The summed E-state index contributed by atoms with van der Waals surface area (Å²) in [5.41, 5.74) is 7.37. The Morgan fingerprint density at radius 1 is 0.909 bits per heavy atom. The van der Waals surface area contributed by atoms with Crippen LogP contribution in [-0.2, 0) is 4.74 Å². The van der Waals surface area contributed by atoms with E-state index in [4.69, 9.17) is 16.3 Å². The summed E-state index contributed by atoms with van der Waals surface area (Å²) in [5, 5.41) is 2.99. The van der Waals surface area contributed by atoms with Crippen molar-refractivity contribution >= 4 is 29.1 Å². The molecule has 2 aliphatic rings. The van der Waals surface area contributed by atoms with Crippen LogP contribution in [0.25, 0.3) is 0 Å². The lowest BCUT2D eigenvalue weighted by Crippen LogP contribution is -2.37. The van der Waals surface area contributed by atoms with E-state index in [9.17, 15) is 4.79 Å². The standard InChI is InChI=1S/C28H29ClN2O2/c29-14-7-17-33-28(32)30-22-18-25-23(20-8-3-1-4-9-20)12-15-31-16-13-24(26(19-22)27(25)31)21-10-5-2-6-11-21/h1-6,8-11,18-19,23-24H,7,12-17H2,(H,30,32)/t23-,24-/m0/s1. The summed E-state index contributed by atoms with van der Waals surface area (Å²) in [6.07, 6.45) is 2.35. The maximum Gasteiger partial charge on any atom is 0.411 e. The average molecular weight is 461 g/mol. The van der Waals surface area contributed by atoms with Gasteiger partial charge in [-0.2, -0.15) is 0 Å². The molecular weight excluding hydrogens is 432 g/mol. The zero-order chi connectivity index (χ0) is 22.6. The van der Waals surface area contributed by atoms with Crippen LogP contribution in [0.15, 0.2) is 72.8 Å². The Kier molecular flexibility index (Phi) is 6.54. The minimum absolute atomic E-state index is 0.305. The number of hydrogen-bond acceptors (Lipinski definition) is 3. The minimum atomic E-state index is -0.428. The number of carbonyl (C=O) groups is 1. The van der Waals surface area contributed by atoms with Gasteiger partial charge in [0.15, 0.2) is 0 Å². The highest BCUT2D eigenvalue weighted by molar-refractivity contribution is 6.17. The highest BCUT2D eigenvalue weighted by atomic mass is 35.5. The quantitative estimate of drug-likeness (QED) is 0.327. The van der Waals surface area contributed by atoms with Crippen LogP contribution >= 0.6 is 11.6 Å². The molecule has 4 nitrogen and oxygen atoms in total. The molecule has 0 bridgehead atoms.